The van der Waals surface area contributed by atoms with Crippen molar-refractivity contribution in [1.29, 1.82) is 0 Å². The first-order valence-electron chi connectivity index (χ1n) is 9.51. The number of non-ortho nitro benzene ring substituents is 1. The Morgan fingerprint density at radius 2 is 1.87 bits per heavy atom. The van der Waals surface area contributed by atoms with E-state index in [2.05, 4.69) is 10.3 Å². The highest BCUT2D eigenvalue weighted by Gasteiger charge is 2.21. The summed E-state index contributed by atoms with van der Waals surface area (Å²) in [6, 6.07) is 17.2. The van der Waals surface area contributed by atoms with Gasteiger partial charge in [0.05, 0.1) is 22.1 Å². The number of pyridine rings is 1. The Morgan fingerprint density at radius 1 is 1.16 bits per heavy atom. The fourth-order valence-corrected chi connectivity index (χ4v) is 4.64. The summed E-state index contributed by atoms with van der Waals surface area (Å²) in [4.78, 5) is 29.8. The summed E-state index contributed by atoms with van der Waals surface area (Å²) in [5, 5.41) is 14.9. The number of aromatic nitrogens is 1. The highest BCUT2D eigenvalue weighted by atomic mass is 32.1. The summed E-state index contributed by atoms with van der Waals surface area (Å²) in [6.07, 6.45) is 0. The fraction of sp³-hybridized carbons (Fsp3) is 0.130. The van der Waals surface area contributed by atoms with Crippen LogP contribution in [0.5, 0.6) is 0 Å². The number of amides is 1. The van der Waals surface area contributed by atoms with Gasteiger partial charge in [-0.3, -0.25) is 14.9 Å². The van der Waals surface area contributed by atoms with Gasteiger partial charge in [0.25, 0.3) is 11.6 Å². The van der Waals surface area contributed by atoms with E-state index in [1.165, 1.54) is 23.5 Å². The molecule has 2 aromatic carbocycles. The summed E-state index contributed by atoms with van der Waals surface area (Å²) in [7, 11) is 1.62. The maximum Gasteiger partial charge on any atom is 0.269 e. The number of benzene rings is 2. The van der Waals surface area contributed by atoms with Crippen molar-refractivity contribution in [3.8, 4) is 10.4 Å². The van der Waals surface area contributed by atoms with Crippen LogP contribution in [0.15, 0.2) is 60.7 Å². The largest absolute Gasteiger partial charge is 0.380 e. The standard InChI is InChI=1S/C23H19N3O4S/c1-14-12-17(13-30-2)19-20(25-22(27)16-6-4-3-5-7-16)21(31-23(19)24-14)15-8-10-18(11-9-15)26(28)29/h3-12H,13H2,1-2H3,(H,25,27). The van der Waals surface area contributed by atoms with Crippen LogP contribution in [0.2, 0.25) is 0 Å². The van der Waals surface area contributed by atoms with E-state index in [-0.39, 0.29) is 11.6 Å². The number of hydrogen-bond acceptors (Lipinski definition) is 6. The lowest BCUT2D eigenvalue weighted by Crippen LogP contribution is -2.12. The quantitative estimate of drug-likeness (QED) is 0.316. The van der Waals surface area contributed by atoms with Gasteiger partial charge in [0.15, 0.2) is 0 Å². The Balaban J connectivity index is 1.90. The number of rotatable bonds is 6. The van der Waals surface area contributed by atoms with E-state index in [4.69, 9.17) is 4.74 Å². The molecular formula is C23H19N3O4S. The monoisotopic (exact) mass is 433 g/mol. The second-order valence-corrected chi connectivity index (χ2v) is 7.97. The van der Waals surface area contributed by atoms with Crippen LogP contribution in [0.4, 0.5) is 11.4 Å². The van der Waals surface area contributed by atoms with E-state index in [1.54, 1.807) is 43.5 Å². The molecule has 0 saturated heterocycles. The molecule has 0 radical (unpaired) electrons. The summed E-state index contributed by atoms with van der Waals surface area (Å²) >= 11 is 1.43. The number of carbonyl (C=O) groups excluding carboxylic acids is 1. The molecule has 156 valence electrons. The Hall–Kier alpha value is -3.62. The number of nitrogens with one attached hydrogen (secondary N) is 1. The highest BCUT2D eigenvalue weighted by Crippen LogP contribution is 2.44. The zero-order chi connectivity index (χ0) is 22.0. The third kappa shape index (κ3) is 4.16. The Labute approximate surface area is 182 Å². The Bertz CT molecular complexity index is 1270. The van der Waals surface area contributed by atoms with Gasteiger partial charge in [0.2, 0.25) is 0 Å². The van der Waals surface area contributed by atoms with Crippen molar-refractivity contribution in [3.63, 3.8) is 0 Å². The molecule has 0 spiro atoms. The number of aryl methyl sites for hydroxylation is 1. The van der Waals surface area contributed by atoms with Crippen molar-refractivity contribution in [1.82, 2.24) is 4.98 Å². The molecule has 0 saturated carbocycles. The van der Waals surface area contributed by atoms with Gasteiger partial charge >= 0.3 is 0 Å². The van der Waals surface area contributed by atoms with Gasteiger partial charge in [0.1, 0.15) is 4.83 Å². The zero-order valence-electron chi connectivity index (χ0n) is 16.9. The van der Waals surface area contributed by atoms with Crippen molar-refractivity contribution >= 4 is 38.8 Å². The molecule has 1 N–H and O–H groups in total. The lowest BCUT2D eigenvalue weighted by molar-refractivity contribution is -0.384. The van der Waals surface area contributed by atoms with Crippen molar-refractivity contribution in [2.45, 2.75) is 13.5 Å². The van der Waals surface area contributed by atoms with Gasteiger partial charge in [-0.1, -0.05) is 18.2 Å². The first-order valence-corrected chi connectivity index (χ1v) is 10.3. The molecule has 0 bridgehead atoms. The molecular weight excluding hydrogens is 414 g/mol. The first-order chi connectivity index (χ1) is 15.0. The smallest absolute Gasteiger partial charge is 0.269 e. The van der Waals surface area contributed by atoms with Crippen LogP contribution in [-0.2, 0) is 11.3 Å². The van der Waals surface area contributed by atoms with Crippen molar-refractivity contribution in [2.24, 2.45) is 0 Å². The van der Waals surface area contributed by atoms with Crippen LogP contribution in [0.3, 0.4) is 0 Å². The van der Waals surface area contributed by atoms with Crippen LogP contribution < -0.4 is 5.32 Å². The molecule has 0 aliphatic heterocycles. The highest BCUT2D eigenvalue weighted by molar-refractivity contribution is 7.22. The molecule has 8 heteroatoms. The van der Waals surface area contributed by atoms with Crippen molar-refractivity contribution < 1.29 is 14.5 Å². The predicted octanol–water partition coefficient (Wildman–Crippen LogP) is 5.58. The lowest BCUT2D eigenvalue weighted by atomic mass is 10.1. The summed E-state index contributed by atoms with van der Waals surface area (Å²) in [5.74, 6) is -0.243. The number of thiophene rings is 1. The van der Waals surface area contributed by atoms with Crippen molar-refractivity contribution in [2.75, 3.05) is 12.4 Å². The number of ether oxygens (including phenoxy) is 1. The van der Waals surface area contributed by atoms with Gasteiger partial charge in [0, 0.05) is 35.9 Å². The third-order valence-corrected chi connectivity index (χ3v) is 5.92. The second kappa shape index (κ2) is 8.63. The van der Waals surface area contributed by atoms with Gasteiger partial charge in [-0.2, -0.15) is 0 Å². The van der Waals surface area contributed by atoms with Crippen LogP contribution in [-0.4, -0.2) is 22.9 Å². The molecule has 0 fully saturated rings. The van der Waals surface area contributed by atoms with Gasteiger partial charge < -0.3 is 10.1 Å². The molecule has 0 aliphatic rings. The van der Waals surface area contributed by atoms with Crippen LogP contribution in [0.25, 0.3) is 20.7 Å². The number of methoxy groups -OCH3 is 1. The number of fused-ring (bicyclic) bond motifs is 1. The molecule has 1 amide bonds. The van der Waals surface area contributed by atoms with E-state index < -0.39 is 4.92 Å². The molecule has 2 aromatic heterocycles. The van der Waals surface area contributed by atoms with E-state index in [1.807, 2.05) is 19.1 Å². The van der Waals surface area contributed by atoms with Gasteiger partial charge in [-0.25, -0.2) is 4.98 Å². The average Bonchev–Trinajstić information content (AvgIpc) is 3.12. The fourth-order valence-electron chi connectivity index (χ4n) is 3.41. The minimum atomic E-state index is -0.436. The lowest BCUT2D eigenvalue weighted by Gasteiger charge is -2.10. The Kier molecular flexibility index (Phi) is 5.75. The molecule has 4 rings (SSSR count). The molecule has 2 heterocycles. The SMILES string of the molecule is COCc1cc(C)nc2sc(-c3ccc([N+](=O)[O-])cc3)c(NC(=O)c3ccccc3)c12. The van der Waals surface area contributed by atoms with Crippen LogP contribution in [0.1, 0.15) is 21.6 Å². The molecule has 0 atom stereocenters. The molecule has 31 heavy (non-hydrogen) atoms. The third-order valence-electron chi connectivity index (χ3n) is 4.79. The number of carbonyl (C=O) groups is 1. The predicted molar refractivity (Wildman–Crippen MR) is 122 cm³/mol. The first kappa shape index (κ1) is 20.6. The summed E-state index contributed by atoms with van der Waals surface area (Å²) in [6.45, 7) is 2.27. The van der Waals surface area contributed by atoms with Crippen LogP contribution in [0, 0.1) is 17.0 Å². The van der Waals surface area contributed by atoms with E-state index >= 15 is 0 Å². The molecule has 0 unspecified atom stereocenters. The summed E-state index contributed by atoms with van der Waals surface area (Å²) in [5.41, 5.74) is 3.69. The molecule has 7 nitrogen and oxygen atoms in total. The van der Waals surface area contributed by atoms with E-state index in [9.17, 15) is 14.9 Å². The average molecular weight is 433 g/mol. The van der Waals surface area contributed by atoms with Gasteiger partial charge in [-0.05, 0) is 48.4 Å². The summed E-state index contributed by atoms with van der Waals surface area (Å²) < 4.78 is 5.38. The minimum Gasteiger partial charge on any atom is -0.380 e. The van der Waals surface area contributed by atoms with Crippen LogP contribution >= 0.6 is 11.3 Å². The Morgan fingerprint density at radius 3 is 2.52 bits per heavy atom. The zero-order valence-corrected chi connectivity index (χ0v) is 17.7. The van der Waals surface area contributed by atoms with Gasteiger partial charge in [-0.15, -0.1) is 11.3 Å². The van der Waals surface area contributed by atoms with E-state index in [0.29, 0.717) is 17.9 Å². The second-order valence-electron chi connectivity index (χ2n) is 6.97. The van der Waals surface area contributed by atoms with E-state index in [0.717, 1.165) is 31.9 Å². The molecule has 4 aromatic rings. The number of anilines is 1. The minimum absolute atomic E-state index is 0.00812. The number of hydrogen-bond donors (Lipinski definition) is 1. The number of nitro groups is 1. The van der Waals surface area contributed by atoms with Crippen molar-refractivity contribution in [3.05, 3.63) is 87.6 Å². The maximum atomic E-state index is 13.0. The number of nitro benzene ring substituents is 1. The maximum absolute atomic E-state index is 13.0. The number of nitrogens with zero attached hydrogens (tertiary/aromatic N) is 2. The molecule has 0 aliphatic carbocycles. The normalized spacial score (nSPS) is 10.9. The topological polar surface area (TPSA) is 94.4 Å².